The Hall–Kier alpha value is -0.540. The van der Waals surface area contributed by atoms with Crippen molar-refractivity contribution in [2.75, 3.05) is 13.1 Å². The summed E-state index contributed by atoms with van der Waals surface area (Å²) in [5.74, 6) is 0.906. The molecule has 16 heavy (non-hydrogen) atoms. The molecular weight excluding hydrogens is 222 g/mol. The summed E-state index contributed by atoms with van der Waals surface area (Å²) in [4.78, 5) is 0. The van der Waals surface area contributed by atoms with Gasteiger partial charge in [-0.3, -0.25) is 4.68 Å². The molecule has 0 aliphatic heterocycles. The van der Waals surface area contributed by atoms with Gasteiger partial charge in [-0.1, -0.05) is 24.4 Å². The maximum Gasteiger partial charge on any atom is 0.0814 e. The molecule has 0 radical (unpaired) electrons. The van der Waals surface area contributed by atoms with Crippen LogP contribution in [0.1, 0.15) is 31.4 Å². The van der Waals surface area contributed by atoms with E-state index >= 15 is 0 Å². The van der Waals surface area contributed by atoms with Crippen LogP contribution < -0.4 is 5.32 Å². The van der Waals surface area contributed by atoms with Gasteiger partial charge in [0.1, 0.15) is 0 Å². The van der Waals surface area contributed by atoms with E-state index in [4.69, 9.17) is 11.6 Å². The van der Waals surface area contributed by atoms with Crippen molar-refractivity contribution in [3.8, 4) is 0 Å². The second-order valence-electron chi connectivity index (χ2n) is 4.68. The lowest BCUT2D eigenvalue weighted by Crippen LogP contribution is -2.25. The molecule has 1 aromatic heterocycles. The Labute approximate surface area is 102 Å². The van der Waals surface area contributed by atoms with Crippen molar-refractivity contribution in [1.29, 1.82) is 0 Å². The van der Waals surface area contributed by atoms with E-state index in [9.17, 15) is 0 Å². The lowest BCUT2D eigenvalue weighted by atomic mass is 10.1. The van der Waals surface area contributed by atoms with Crippen LogP contribution in [0.3, 0.4) is 0 Å². The SMILES string of the molecule is Cc1nn(CCNCC2CCCC2)cc1Cl. The number of nitrogens with zero attached hydrogens (tertiary/aromatic N) is 2. The van der Waals surface area contributed by atoms with Crippen molar-refractivity contribution < 1.29 is 0 Å². The minimum Gasteiger partial charge on any atom is -0.315 e. The summed E-state index contributed by atoms with van der Waals surface area (Å²) in [6, 6.07) is 0. The van der Waals surface area contributed by atoms with Gasteiger partial charge in [0.2, 0.25) is 0 Å². The van der Waals surface area contributed by atoms with Crippen LogP contribution in [0.25, 0.3) is 0 Å². The van der Waals surface area contributed by atoms with Crippen LogP contribution >= 0.6 is 11.6 Å². The summed E-state index contributed by atoms with van der Waals surface area (Å²) in [7, 11) is 0. The standard InChI is InChI=1S/C12H20ClN3/c1-10-12(13)9-16(15-10)7-6-14-8-11-4-2-3-5-11/h9,11,14H,2-8H2,1H3. The fraction of sp³-hybridized carbons (Fsp3) is 0.750. The molecule has 0 spiro atoms. The number of nitrogens with one attached hydrogen (secondary N) is 1. The van der Waals surface area contributed by atoms with E-state index in [1.54, 1.807) is 0 Å². The molecule has 4 heteroatoms. The number of aromatic nitrogens is 2. The molecule has 90 valence electrons. The van der Waals surface area contributed by atoms with Gasteiger partial charge in [0.05, 0.1) is 17.3 Å². The van der Waals surface area contributed by atoms with E-state index in [1.807, 2.05) is 17.8 Å². The zero-order chi connectivity index (χ0) is 11.4. The molecule has 1 heterocycles. The highest BCUT2D eigenvalue weighted by molar-refractivity contribution is 6.31. The Morgan fingerprint density at radius 3 is 2.88 bits per heavy atom. The highest BCUT2D eigenvalue weighted by Crippen LogP contribution is 2.23. The van der Waals surface area contributed by atoms with Gasteiger partial charge in [-0.25, -0.2) is 0 Å². The van der Waals surface area contributed by atoms with Crippen molar-refractivity contribution in [3.63, 3.8) is 0 Å². The molecule has 1 saturated carbocycles. The van der Waals surface area contributed by atoms with Crippen LogP contribution in [0.2, 0.25) is 5.02 Å². The summed E-state index contributed by atoms with van der Waals surface area (Å²) in [5.41, 5.74) is 0.914. The topological polar surface area (TPSA) is 29.9 Å². The van der Waals surface area contributed by atoms with Crippen LogP contribution in [0.4, 0.5) is 0 Å². The van der Waals surface area contributed by atoms with Crippen molar-refractivity contribution in [3.05, 3.63) is 16.9 Å². The Morgan fingerprint density at radius 1 is 1.50 bits per heavy atom. The van der Waals surface area contributed by atoms with E-state index in [-0.39, 0.29) is 0 Å². The first-order chi connectivity index (χ1) is 7.75. The van der Waals surface area contributed by atoms with Crippen LogP contribution in [0.5, 0.6) is 0 Å². The van der Waals surface area contributed by atoms with Crippen LogP contribution in [0.15, 0.2) is 6.20 Å². The summed E-state index contributed by atoms with van der Waals surface area (Å²) < 4.78 is 1.92. The Bertz CT molecular complexity index is 310. The lowest BCUT2D eigenvalue weighted by molar-refractivity contribution is 0.467. The first-order valence-electron chi connectivity index (χ1n) is 6.16. The Morgan fingerprint density at radius 2 is 2.25 bits per heavy atom. The molecule has 3 nitrogen and oxygen atoms in total. The molecule has 0 unspecified atom stereocenters. The first-order valence-corrected chi connectivity index (χ1v) is 6.54. The highest BCUT2D eigenvalue weighted by Gasteiger charge is 2.13. The fourth-order valence-electron chi connectivity index (χ4n) is 2.32. The Balaban J connectivity index is 1.64. The van der Waals surface area contributed by atoms with Gasteiger partial charge >= 0.3 is 0 Å². The van der Waals surface area contributed by atoms with Gasteiger partial charge in [0, 0.05) is 12.7 Å². The third kappa shape index (κ3) is 3.22. The molecule has 1 aliphatic rings. The molecule has 0 saturated heterocycles. The Kier molecular flexibility index (Phi) is 4.24. The smallest absolute Gasteiger partial charge is 0.0814 e. The second kappa shape index (κ2) is 5.69. The monoisotopic (exact) mass is 241 g/mol. The van der Waals surface area contributed by atoms with Crippen molar-refractivity contribution in [1.82, 2.24) is 15.1 Å². The van der Waals surface area contributed by atoms with Crippen LogP contribution in [-0.2, 0) is 6.54 Å². The highest BCUT2D eigenvalue weighted by atomic mass is 35.5. The zero-order valence-electron chi connectivity index (χ0n) is 9.88. The van der Waals surface area contributed by atoms with Gasteiger partial charge < -0.3 is 5.32 Å². The molecule has 1 N–H and O–H groups in total. The van der Waals surface area contributed by atoms with E-state index in [2.05, 4.69) is 10.4 Å². The molecule has 1 aliphatic carbocycles. The van der Waals surface area contributed by atoms with Crippen molar-refractivity contribution >= 4 is 11.6 Å². The number of halogens is 1. The maximum atomic E-state index is 5.94. The molecule has 0 amide bonds. The van der Waals surface area contributed by atoms with Gasteiger partial charge in [0.15, 0.2) is 0 Å². The fourth-order valence-corrected chi connectivity index (χ4v) is 2.47. The van der Waals surface area contributed by atoms with Crippen molar-refractivity contribution in [2.45, 2.75) is 39.2 Å². The third-order valence-corrected chi connectivity index (χ3v) is 3.68. The predicted molar refractivity (Wildman–Crippen MR) is 66.8 cm³/mol. The largest absolute Gasteiger partial charge is 0.315 e. The molecule has 1 fully saturated rings. The second-order valence-corrected chi connectivity index (χ2v) is 5.09. The van der Waals surface area contributed by atoms with E-state index < -0.39 is 0 Å². The third-order valence-electron chi connectivity index (χ3n) is 3.31. The minimum absolute atomic E-state index is 0.760. The quantitative estimate of drug-likeness (QED) is 0.804. The van der Waals surface area contributed by atoms with Gasteiger partial charge in [-0.15, -0.1) is 0 Å². The van der Waals surface area contributed by atoms with Gasteiger partial charge in [-0.2, -0.15) is 5.10 Å². The number of hydrogen-bond acceptors (Lipinski definition) is 2. The zero-order valence-corrected chi connectivity index (χ0v) is 10.6. The molecule has 0 atom stereocenters. The predicted octanol–water partition coefficient (Wildman–Crippen LogP) is 2.62. The lowest BCUT2D eigenvalue weighted by Gasteiger charge is -2.10. The van der Waals surface area contributed by atoms with Crippen LogP contribution in [-0.4, -0.2) is 22.9 Å². The molecular formula is C12H20ClN3. The molecule has 0 bridgehead atoms. The molecule has 0 aromatic carbocycles. The van der Waals surface area contributed by atoms with E-state index in [0.29, 0.717) is 0 Å². The summed E-state index contributed by atoms with van der Waals surface area (Å²) in [5, 5.41) is 8.58. The first kappa shape index (κ1) is 11.9. The minimum atomic E-state index is 0.760. The number of aryl methyl sites for hydroxylation is 1. The molecule has 1 aromatic rings. The van der Waals surface area contributed by atoms with Crippen LogP contribution in [0, 0.1) is 12.8 Å². The van der Waals surface area contributed by atoms with E-state index in [1.165, 1.54) is 25.7 Å². The van der Waals surface area contributed by atoms with E-state index in [0.717, 1.165) is 36.3 Å². The number of hydrogen-bond donors (Lipinski definition) is 1. The summed E-state index contributed by atoms with van der Waals surface area (Å²) in [6.45, 7) is 4.98. The average molecular weight is 242 g/mol. The summed E-state index contributed by atoms with van der Waals surface area (Å²) in [6.07, 6.45) is 7.54. The average Bonchev–Trinajstić information content (AvgIpc) is 2.85. The van der Waals surface area contributed by atoms with Crippen molar-refractivity contribution in [2.24, 2.45) is 5.92 Å². The summed E-state index contributed by atoms with van der Waals surface area (Å²) >= 11 is 5.94. The molecule has 2 rings (SSSR count). The van der Waals surface area contributed by atoms with Gasteiger partial charge in [0.25, 0.3) is 0 Å². The van der Waals surface area contributed by atoms with Gasteiger partial charge in [-0.05, 0) is 32.2 Å². The normalized spacial score (nSPS) is 17.1. The maximum absolute atomic E-state index is 5.94. The number of rotatable bonds is 5.